The lowest BCUT2D eigenvalue weighted by molar-refractivity contribution is -0.114. The van der Waals surface area contributed by atoms with Gasteiger partial charge in [-0.1, -0.05) is 6.07 Å². The zero-order valence-electron chi connectivity index (χ0n) is 13.8. The molecular weight excluding hydrogens is 320 g/mol. The lowest BCUT2D eigenvalue weighted by Crippen LogP contribution is -2.03. The van der Waals surface area contributed by atoms with Crippen molar-refractivity contribution in [3.8, 4) is 10.6 Å². The number of nitrogens with zero attached hydrogens (tertiary/aromatic N) is 2. The Labute approximate surface area is 144 Å². The molecule has 3 aromatic rings. The average Bonchev–Trinajstić information content (AvgIpc) is 2.87. The summed E-state index contributed by atoms with van der Waals surface area (Å²) in [7, 11) is 0. The molecule has 0 fully saturated rings. The summed E-state index contributed by atoms with van der Waals surface area (Å²) in [4.78, 5) is 21.2. The number of aryl methyl sites for hydroxylation is 2. The van der Waals surface area contributed by atoms with Gasteiger partial charge in [0.2, 0.25) is 5.91 Å². The van der Waals surface area contributed by atoms with Crippen LogP contribution in [0.3, 0.4) is 0 Å². The summed E-state index contributed by atoms with van der Waals surface area (Å²) < 4.78 is 0. The molecule has 0 aliphatic rings. The molecule has 0 aliphatic carbocycles. The molecule has 2 N–H and O–H groups in total. The number of anilines is 3. The third-order valence-corrected chi connectivity index (χ3v) is 4.55. The highest BCUT2D eigenvalue weighted by Crippen LogP contribution is 2.35. The van der Waals surface area contributed by atoms with Crippen LogP contribution in [0.1, 0.15) is 18.1 Å². The van der Waals surface area contributed by atoms with E-state index in [0.29, 0.717) is 0 Å². The van der Waals surface area contributed by atoms with Gasteiger partial charge in [0.25, 0.3) is 0 Å². The van der Waals surface area contributed by atoms with Gasteiger partial charge in [-0.25, -0.2) is 9.97 Å². The van der Waals surface area contributed by atoms with Crippen LogP contribution in [0.25, 0.3) is 10.6 Å². The van der Waals surface area contributed by atoms with Gasteiger partial charge in [0.1, 0.15) is 11.6 Å². The van der Waals surface area contributed by atoms with Gasteiger partial charge in [-0.05, 0) is 55.3 Å². The maximum Gasteiger partial charge on any atom is 0.221 e. The number of nitrogens with one attached hydrogen (secondary N) is 2. The predicted molar refractivity (Wildman–Crippen MR) is 98.8 cm³/mol. The fraction of sp³-hybridized carbons (Fsp3) is 0.167. The van der Waals surface area contributed by atoms with E-state index in [9.17, 15) is 4.79 Å². The van der Waals surface area contributed by atoms with E-state index < -0.39 is 0 Å². The van der Waals surface area contributed by atoms with Gasteiger partial charge in [-0.15, -0.1) is 11.3 Å². The van der Waals surface area contributed by atoms with Crippen LogP contribution in [-0.4, -0.2) is 15.9 Å². The molecule has 5 nitrogen and oxygen atoms in total. The van der Waals surface area contributed by atoms with Crippen LogP contribution in [0, 0.1) is 13.8 Å². The van der Waals surface area contributed by atoms with Crippen molar-refractivity contribution in [1.82, 2.24) is 9.97 Å². The number of carbonyl (C=O) groups is 1. The molecule has 0 spiro atoms. The van der Waals surface area contributed by atoms with Crippen molar-refractivity contribution in [3.05, 3.63) is 53.7 Å². The van der Waals surface area contributed by atoms with Crippen LogP contribution in [0.4, 0.5) is 16.6 Å². The second kappa shape index (κ2) is 6.80. The number of pyridine rings is 2. The van der Waals surface area contributed by atoms with Crippen molar-refractivity contribution < 1.29 is 4.79 Å². The number of thiophene rings is 1. The standard InChI is InChI=1S/C18H18N4OS/c1-11-7-8-19-16(9-11)22-15-6-4-5-14(21-15)18-12(2)10-17(24-18)20-13(3)23/h4-10H,1-3H3,(H,20,23)(H,19,21,22). The maximum absolute atomic E-state index is 11.2. The van der Waals surface area contributed by atoms with Crippen LogP contribution in [-0.2, 0) is 4.79 Å². The number of amides is 1. The van der Waals surface area contributed by atoms with E-state index in [0.717, 1.165) is 38.3 Å². The largest absolute Gasteiger partial charge is 0.325 e. The van der Waals surface area contributed by atoms with E-state index in [1.54, 1.807) is 6.20 Å². The molecule has 0 unspecified atom stereocenters. The SMILES string of the molecule is CC(=O)Nc1cc(C)c(-c2cccc(Nc3cc(C)ccn3)n2)s1. The van der Waals surface area contributed by atoms with Gasteiger partial charge in [0.05, 0.1) is 15.6 Å². The lowest BCUT2D eigenvalue weighted by Gasteiger charge is -2.07. The van der Waals surface area contributed by atoms with E-state index in [-0.39, 0.29) is 5.91 Å². The first kappa shape index (κ1) is 16.1. The molecule has 122 valence electrons. The Morgan fingerprint density at radius 2 is 1.96 bits per heavy atom. The first-order chi connectivity index (χ1) is 11.5. The summed E-state index contributed by atoms with van der Waals surface area (Å²) in [6.07, 6.45) is 1.77. The van der Waals surface area contributed by atoms with E-state index in [1.165, 1.54) is 18.3 Å². The van der Waals surface area contributed by atoms with Crippen LogP contribution in [0.15, 0.2) is 42.6 Å². The molecule has 0 radical (unpaired) electrons. The molecule has 24 heavy (non-hydrogen) atoms. The van der Waals surface area contributed by atoms with E-state index >= 15 is 0 Å². The minimum atomic E-state index is -0.0725. The second-order valence-electron chi connectivity index (χ2n) is 5.56. The number of hydrogen-bond acceptors (Lipinski definition) is 5. The average molecular weight is 338 g/mol. The fourth-order valence-electron chi connectivity index (χ4n) is 2.34. The Morgan fingerprint density at radius 3 is 2.71 bits per heavy atom. The second-order valence-corrected chi connectivity index (χ2v) is 6.61. The van der Waals surface area contributed by atoms with Gasteiger partial charge in [-0.3, -0.25) is 4.79 Å². The highest BCUT2D eigenvalue weighted by atomic mass is 32.1. The van der Waals surface area contributed by atoms with Crippen molar-refractivity contribution in [2.45, 2.75) is 20.8 Å². The summed E-state index contributed by atoms with van der Waals surface area (Å²) in [6.45, 7) is 5.54. The summed E-state index contributed by atoms with van der Waals surface area (Å²) in [5, 5.41) is 6.88. The predicted octanol–water partition coefficient (Wildman–Crippen LogP) is 4.52. The normalized spacial score (nSPS) is 10.5. The van der Waals surface area contributed by atoms with Gasteiger partial charge >= 0.3 is 0 Å². The summed E-state index contributed by atoms with van der Waals surface area (Å²) in [5.41, 5.74) is 3.09. The van der Waals surface area contributed by atoms with Crippen LogP contribution in [0.5, 0.6) is 0 Å². The Bertz CT molecular complexity index is 888. The molecule has 0 atom stereocenters. The monoisotopic (exact) mass is 338 g/mol. The van der Waals surface area contributed by atoms with Crippen molar-refractivity contribution in [2.24, 2.45) is 0 Å². The molecule has 0 aliphatic heterocycles. The van der Waals surface area contributed by atoms with E-state index in [4.69, 9.17) is 0 Å². The molecule has 0 saturated carbocycles. The van der Waals surface area contributed by atoms with Crippen LogP contribution >= 0.6 is 11.3 Å². The minimum Gasteiger partial charge on any atom is -0.325 e. The number of hydrogen-bond donors (Lipinski definition) is 2. The van der Waals surface area contributed by atoms with Crippen molar-refractivity contribution in [2.75, 3.05) is 10.6 Å². The fourth-order valence-corrected chi connectivity index (χ4v) is 3.43. The topological polar surface area (TPSA) is 66.9 Å². The van der Waals surface area contributed by atoms with E-state index in [1.807, 2.05) is 50.2 Å². The van der Waals surface area contributed by atoms with Crippen LogP contribution < -0.4 is 10.6 Å². The van der Waals surface area contributed by atoms with Crippen LogP contribution in [0.2, 0.25) is 0 Å². The van der Waals surface area contributed by atoms with Crippen molar-refractivity contribution in [1.29, 1.82) is 0 Å². The van der Waals surface area contributed by atoms with Gasteiger partial charge in [0.15, 0.2) is 0 Å². The molecule has 0 aromatic carbocycles. The first-order valence-electron chi connectivity index (χ1n) is 7.56. The summed E-state index contributed by atoms with van der Waals surface area (Å²) >= 11 is 1.52. The highest BCUT2D eigenvalue weighted by molar-refractivity contribution is 7.19. The summed E-state index contributed by atoms with van der Waals surface area (Å²) in [5.74, 6) is 1.43. The van der Waals surface area contributed by atoms with Crippen molar-refractivity contribution in [3.63, 3.8) is 0 Å². The zero-order chi connectivity index (χ0) is 17.1. The Hall–Kier alpha value is -2.73. The molecule has 1 amide bonds. The highest BCUT2D eigenvalue weighted by Gasteiger charge is 2.11. The molecule has 3 rings (SSSR count). The quantitative estimate of drug-likeness (QED) is 0.734. The number of aromatic nitrogens is 2. The lowest BCUT2D eigenvalue weighted by atomic mass is 10.2. The molecule has 6 heteroatoms. The Balaban J connectivity index is 1.88. The van der Waals surface area contributed by atoms with Gasteiger partial charge in [0, 0.05) is 13.1 Å². The summed E-state index contributed by atoms with van der Waals surface area (Å²) in [6, 6.07) is 11.7. The maximum atomic E-state index is 11.2. The van der Waals surface area contributed by atoms with Gasteiger partial charge in [-0.2, -0.15) is 0 Å². The zero-order valence-corrected chi connectivity index (χ0v) is 14.6. The third-order valence-electron chi connectivity index (χ3n) is 3.37. The molecule has 0 bridgehead atoms. The van der Waals surface area contributed by atoms with Gasteiger partial charge < -0.3 is 10.6 Å². The van der Waals surface area contributed by atoms with Crippen molar-refractivity contribution >= 4 is 33.9 Å². The Kier molecular flexibility index (Phi) is 4.57. The van der Waals surface area contributed by atoms with E-state index in [2.05, 4.69) is 20.6 Å². The molecule has 3 heterocycles. The number of carbonyl (C=O) groups excluding carboxylic acids is 1. The third kappa shape index (κ3) is 3.78. The molecular formula is C18H18N4OS. The molecule has 0 saturated heterocycles. The first-order valence-corrected chi connectivity index (χ1v) is 8.38. The Morgan fingerprint density at radius 1 is 1.12 bits per heavy atom. The minimum absolute atomic E-state index is 0.0725. The number of rotatable bonds is 4. The smallest absolute Gasteiger partial charge is 0.221 e. The molecule has 3 aromatic heterocycles.